The minimum Gasteiger partial charge on any atom is -0.493 e. The minimum absolute atomic E-state index is 0.155. The maximum Gasteiger partial charge on any atom is 0.327 e. The topological polar surface area (TPSA) is 88.2 Å². The van der Waals surface area contributed by atoms with Crippen molar-refractivity contribution in [1.29, 1.82) is 0 Å². The number of urea groups is 1. The Labute approximate surface area is 182 Å². The molecule has 0 unspecified atom stereocenters. The van der Waals surface area contributed by atoms with Crippen LogP contribution in [0.3, 0.4) is 0 Å². The lowest BCUT2D eigenvalue weighted by molar-refractivity contribution is -0.136. The van der Waals surface area contributed by atoms with E-state index in [2.05, 4.69) is 5.32 Å². The summed E-state index contributed by atoms with van der Waals surface area (Å²) in [4.78, 5) is 41.1. The minimum atomic E-state index is -0.780. The molecule has 1 heterocycles. The Kier molecular flexibility index (Phi) is 6.07. The highest BCUT2D eigenvalue weighted by atomic mass is 16.5. The molecule has 2 aliphatic carbocycles. The van der Waals surface area contributed by atoms with Gasteiger partial charge in [0.15, 0.2) is 11.5 Å². The molecule has 4 rings (SSSR count). The van der Waals surface area contributed by atoms with Crippen LogP contribution in [0.4, 0.5) is 10.5 Å². The maximum atomic E-state index is 13.1. The van der Waals surface area contributed by atoms with Crippen molar-refractivity contribution in [3.8, 4) is 11.5 Å². The molecule has 1 aromatic carbocycles. The highest BCUT2D eigenvalue weighted by molar-refractivity contribution is 6.10. The molecule has 3 fully saturated rings. The lowest BCUT2D eigenvalue weighted by Crippen LogP contribution is -2.49. The zero-order valence-corrected chi connectivity index (χ0v) is 18.3. The summed E-state index contributed by atoms with van der Waals surface area (Å²) in [7, 11) is 3.25. The first-order valence-corrected chi connectivity index (χ1v) is 11.2. The number of ether oxygens (including phenoxy) is 2. The van der Waals surface area contributed by atoms with E-state index in [1.165, 1.54) is 4.90 Å². The van der Waals surface area contributed by atoms with Crippen LogP contribution in [0.2, 0.25) is 0 Å². The van der Waals surface area contributed by atoms with Gasteiger partial charge in [-0.25, -0.2) is 4.79 Å². The fourth-order valence-corrected chi connectivity index (χ4v) is 5.05. The second-order valence-corrected chi connectivity index (χ2v) is 8.76. The zero-order valence-electron chi connectivity index (χ0n) is 18.3. The van der Waals surface area contributed by atoms with Crippen molar-refractivity contribution >= 4 is 23.5 Å². The lowest BCUT2D eigenvalue weighted by Gasteiger charge is -2.35. The monoisotopic (exact) mass is 429 g/mol. The number of imide groups is 1. The molecular weight excluding hydrogens is 398 g/mol. The van der Waals surface area contributed by atoms with Crippen molar-refractivity contribution in [2.75, 3.05) is 26.0 Å². The standard InChI is InChI=1S/C23H31N3O5/c1-25-22(29)26(21(28)23(25)12-6-3-7-13-23)15-20(27)24-16-10-11-18(30-2)19(14-16)31-17-8-4-5-9-17/h10-11,14,17H,3-9,12-13,15H2,1-2H3,(H,24,27). The molecular formula is C23H31N3O5. The number of methoxy groups -OCH3 is 1. The van der Waals surface area contributed by atoms with Crippen LogP contribution in [0, 0.1) is 0 Å². The van der Waals surface area contributed by atoms with Crippen LogP contribution in [-0.2, 0) is 9.59 Å². The first-order valence-electron chi connectivity index (χ1n) is 11.2. The number of carbonyl (C=O) groups is 3. The second kappa shape index (κ2) is 8.77. The van der Waals surface area contributed by atoms with Gasteiger partial charge in [0.2, 0.25) is 5.91 Å². The average Bonchev–Trinajstić information content (AvgIpc) is 3.34. The van der Waals surface area contributed by atoms with E-state index in [0.29, 0.717) is 30.0 Å². The van der Waals surface area contributed by atoms with Gasteiger partial charge in [0.05, 0.1) is 13.2 Å². The molecule has 2 saturated carbocycles. The molecule has 4 amide bonds. The molecule has 8 nitrogen and oxygen atoms in total. The molecule has 1 spiro atoms. The first-order chi connectivity index (χ1) is 14.9. The normalized spacial score (nSPS) is 21.1. The van der Waals surface area contributed by atoms with Gasteiger partial charge in [0.1, 0.15) is 12.1 Å². The van der Waals surface area contributed by atoms with Crippen LogP contribution in [-0.4, -0.2) is 60.0 Å². The van der Waals surface area contributed by atoms with E-state index in [-0.39, 0.29) is 18.6 Å². The lowest BCUT2D eigenvalue weighted by atomic mass is 9.81. The number of amides is 4. The molecule has 0 atom stereocenters. The quantitative estimate of drug-likeness (QED) is 0.699. The number of hydrogen-bond acceptors (Lipinski definition) is 5. The number of nitrogens with zero attached hydrogens (tertiary/aromatic N) is 2. The van der Waals surface area contributed by atoms with Crippen LogP contribution in [0.15, 0.2) is 18.2 Å². The van der Waals surface area contributed by atoms with Gasteiger partial charge < -0.3 is 19.7 Å². The SMILES string of the molecule is COc1ccc(NC(=O)CN2C(=O)N(C)C3(CCCCC3)C2=O)cc1OC1CCCC1. The first kappa shape index (κ1) is 21.5. The van der Waals surface area contributed by atoms with E-state index in [1.807, 2.05) is 0 Å². The van der Waals surface area contributed by atoms with Crippen LogP contribution in [0.1, 0.15) is 57.8 Å². The molecule has 31 heavy (non-hydrogen) atoms. The van der Waals surface area contributed by atoms with Gasteiger partial charge in [0.25, 0.3) is 5.91 Å². The fraction of sp³-hybridized carbons (Fsp3) is 0.609. The number of anilines is 1. The molecule has 3 aliphatic rings. The molecule has 0 radical (unpaired) electrons. The number of hydrogen-bond donors (Lipinski definition) is 1. The number of likely N-dealkylation sites (N-methyl/N-ethyl adjacent to an activating group) is 1. The molecule has 0 bridgehead atoms. The van der Waals surface area contributed by atoms with E-state index in [1.54, 1.807) is 32.4 Å². The van der Waals surface area contributed by atoms with Crippen molar-refractivity contribution in [1.82, 2.24) is 9.80 Å². The second-order valence-electron chi connectivity index (χ2n) is 8.76. The summed E-state index contributed by atoms with van der Waals surface area (Å²) in [6.45, 7) is -0.297. The van der Waals surface area contributed by atoms with Crippen molar-refractivity contribution in [2.24, 2.45) is 0 Å². The summed E-state index contributed by atoms with van der Waals surface area (Å²) < 4.78 is 11.5. The number of benzene rings is 1. The van der Waals surface area contributed by atoms with Gasteiger partial charge in [-0.1, -0.05) is 19.3 Å². The maximum absolute atomic E-state index is 13.1. The third-order valence-electron chi connectivity index (χ3n) is 6.83. The van der Waals surface area contributed by atoms with Crippen molar-refractivity contribution in [2.45, 2.75) is 69.4 Å². The Morgan fingerprint density at radius 2 is 1.81 bits per heavy atom. The molecule has 0 aromatic heterocycles. The number of nitrogens with one attached hydrogen (secondary N) is 1. The molecule has 168 valence electrons. The van der Waals surface area contributed by atoms with Crippen LogP contribution >= 0.6 is 0 Å². The largest absolute Gasteiger partial charge is 0.493 e. The van der Waals surface area contributed by atoms with Gasteiger partial charge in [-0.3, -0.25) is 14.5 Å². The van der Waals surface area contributed by atoms with E-state index in [0.717, 1.165) is 49.8 Å². The van der Waals surface area contributed by atoms with Crippen LogP contribution in [0.25, 0.3) is 0 Å². The number of carbonyl (C=O) groups excluding carboxylic acids is 3. The summed E-state index contributed by atoms with van der Waals surface area (Å²) in [6, 6.07) is 4.80. The third-order valence-corrected chi connectivity index (χ3v) is 6.83. The van der Waals surface area contributed by atoms with Gasteiger partial charge >= 0.3 is 6.03 Å². The fourth-order valence-electron chi connectivity index (χ4n) is 5.05. The van der Waals surface area contributed by atoms with Gasteiger partial charge in [-0.05, 0) is 50.7 Å². The Hall–Kier alpha value is -2.77. The molecule has 1 saturated heterocycles. The molecule has 1 aliphatic heterocycles. The van der Waals surface area contributed by atoms with Crippen LogP contribution in [0.5, 0.6) is 11.5 Å². The van der Waals surface area contributed by atoms with Gasteiger partial charge in [-0.2, -0.15) is 0 Å². The van der Waals surface area contributed by atoms with Gasteiger partial charge in [-0.15, -0.1) is 0 Å². The predicted octanol–water partition coefficient (Wildman–Crippen LogP) is 3.55. The zero-order chi connectivity index (χ0) is 22.0. The summed E-state index contributed by atoms with van der Waals surface area (Å²) in [6.07, 6.45) is 8.69. The Bertz CT molecular complexity index is 859. The predicted molar refractivity (Wildman–Crippen MR) is 115 cm³/mol. The van der Waals surface area contributed by atoms with E-state index in [4.69, 9.17) is 9.47 Å². The molecule has 1 aromatic rings. The smallest absolute Gasteiger partial charge is 0.327 e. The van der Waals surface area contributed by atoms with Gasteiger partial charge in [0, 0.05) is 18.8 Å². The van der Waals surface area contributed by atoms with Crippen molar-refractivity contribution in [3.05, 3.63) is 18.2 Å². The third kappa shape index (κ3) is 4.07. The summed E-state index contributed by atoms with van der Waals surface area (Å²) in [5.41, 5.74) is -0.239. The Morgan fingerprint density at radius 3 is 2.48 bits per heavy atom. The highest BCUT2D eigenvalue weighted by Crippen LogP contribution is 2.39. The summed E-state index contributed by atoms with van der Waals surface area (Å²) in [5, 5.41) is 2.79. The van der Waals surface area contributed by atoms with Crippen molar-refractivity contribution in [3.63, 3.8) is 0 Å². The van der Waals surface area contributed by atoms with E-state index < -0.39 is 17.5 Å². The van der Waals surface area contributed by atoms with Crippen LogP contribution < -0.4 is 14.8 Å². The molecule has 8 heteroatoms. The Balaban J connectivity index is 1.43. The molecule has 1 N–H and O–H groups in total. The average molecular weight is 430 g/mol. The Morgan fingerprint density at radius 1 is 1.10 bits per heavy atom. The summed E-state index contributed by atoms with van der Waals surface area (Å²) in [5.74, 6) is 0.520. The number of rotatable bonds is 6. The van der Waals surface area contributed by atoms with E-state index >= 15 is 0 Å². The van der Waals surface area contributed by atoms with Crippen molar-refractivity contribution < 1.29 is 23.9 Å². The summed E-state index contributed by atoms with van der Waals surface area (Å²) >= 11 is 0. The van der Waals surface area contributed by atoms with E-state index in [9.17, 15) is 14.4 Å². The highest BCUT2D eigenvalue weighted by Gasteiger charge is 2.55.